The number of allylic oxidation sites excluding steroid dienone is 1. The van der Waals surface area contributed by atoms with Crippen molar-refractivity contribution in [1.29, 1.82) is 0 Å². The molecule has 4 heteroatoms. The highest BCUT2D eigenvalue weighted by Crippen LogP contribution is 2.21. The third-order valence-electron chi connectivity index (χ3n) is 1.59. The van der Waals surface area contributed by atoms with Crippen LogP contribution in [-0.2, 0) is 0 Å². The average molecular weight is 206 g/mol. The zero-order valence-electron chi connectivity index (χ0n) is 5.37. The van der Waals surface area contributed by atoms with Crippen LogP contribution in [0.2, 0.25) is 0 Å². The summed E-state index contributed by atoms with van der Waals surface area (Å²) in [5.74, 6) is 0. The molecule has 1 aliphatic rings. The lowest BCUT2D eigenvalue weighted by Gasteiger charge is -2.15. The quantitative estimate of drug-likeness (QED) is 0.284. The topological polar surface area (TPSA) is 43.1 Å². The molecule has 0 bridgehead atoms. The Morgan fingerprint density at radius 1 is 1.50 bits per heavy atom. The maximum absolute atomic E-state index is 10.3. The van der Waals surface area contributed by atoms with Crippen molar-refractivity contribution in [3.63, 3.8) is 0 Å². The second-order valence-electron chi connectivity index (χ2n) is 2.31. The number of nitrogens with zero attached hydrogens (tertiary/aromatic N) is 1. The van der Waals surface area contributed by atoms with Crippen molar-refractivity contribution in [2.75, 3.05) is 0 Å². The molecule has 1 rings (SSSR count). The van der Waals surface area contributed by atoms with Crippen LogP contribution in [0.5, 0.6) is 0 Å². The molecule has 10 heavy (non-hydrogen) atoms. The van der Waals surface area contributed by atoms with E-state index in [0.717, 1.165) is 6.42 Å². The minimum atomic E-state index is -0.426. The minimum absolute atomic E-state index is 0.0208. The summed E-state index contributed by atoms with van der Waals surface area (Å²) in [5.41, 5.74) is 0. The van der Waals surface area contributed by atoms with Crippen molar-refractivity contribution in [3.05, 3.63) is 22.3 Å². The molecule has 0 radical (unpaired) electrons. The van der Waals surface area contributed by atoms with E-state index in [4.69, 9.17) is 0 Å². The Kier molecular flexibility index (Phi) is 2.43. The van der Waals surface area contributed by atoms with E-state index in [-0.39, 0.29) is 9.75 Å². The highest BCUT2D eigenvalue weighted by atomic mass is 79.9. The maximum Gasteiger partial charge on any atom is 0.229 e. The van der Waals surface area contributed by atoms with Gasteiger partial charge in [0.05, 0.1) is 4.83 Å². The fraction of sp³-hybridized carbons (Fsp3) is 0.667. The molecule has 0 N–H and O–H groups in total. The lowest BCUT2D eigenvalue weighted by atomic mass is 10.0. The Balaban J connectivity index is 2.59. The van der Waals surface area contributed by atoms with Gasteiger partial charge >= 0.3 is 0 Å². The normalized spacial score (nSPS) is 32.1. The van der Waals surface area contributed by atoms with Gasteiger partial charge in [-0.15, -0.1) is 0 Å². The number of hydrogen-bond acceptors (Lipinski definition) is 2. The Labute approximate surface area is 67.4 Å². The maximum atomic E-state index is 10.3. The van der Waals surface area contributed by atoms with E-state index >= 15 is 0 Å². The summed E-state index contributed by atoms with van der Waals surface area (Å²) in [4.78, 5) is 10.1. The first-order valence-corrected chi connectivity index (χ1v) is 4.06. The third kappa shape index (κ3) is 1.56. The van der Waals surface area contributed by atoms with Gasteiger partial charge in [-0.05, 0) is 6.42 Å². The van der Waals surface area contributed by atoms with Crippen LogP contribution in [-0.4, -0.2) is 15.8 Å². The van der Waals surface area contributed by atoms with E-state index in [9.17, 15) is 10.1 Å². The van der Waals surface area contributed by atoms with E-state index in [1.54, 1.807) is 0 Å². The standard InChI is InChI=1S/C6H8BrNO2/c7-5-3-1-2-4-6(5)8(9)10/h1-2,5-6H,3-4H2/t5-,6+/m0/s1. The molecule has 0 saturated carbocycles. The van der Waals surface area contributed by atoms with Crippen LogP contribution >= 0.6 is 15.9 Å². The summed E-state index contributed by atoms with van der Waals surface area (Å²) in [6.07, 6.45) is 5.17. The smallest absolute Gasteiger partial charge is 0.229 e. The molecule has 0 spiro atoms. The predicted octanol–water partition coefficient (Wildman–Crippen LogP) is 1.75. The van der Waals surface area contributed by atoms with Gasteiger partial charge in [0.2, 0.25) is 6.04 Å². The van der Waals surface area contributed by atoms with E-state index in [1.165, 1.54) is 0 Å². The van der Waals surface area contributed by atoms with Gasteiger partial charge < -0.3 is 0 Å². The van der Waals surface area contributed by atoms with Crippen LogP contribution in [0.4, 0.5) is 0 Å². The van der Waals surface area contributed by atoms with Crippen molar-refractivity contribution in [3.8, 4) is 0 Å². The summed E-state index contributed by atoms with van der Waals surface area (Å²) < 4.78 is 0. The van der Waals surface area contributed by atoms with Gasteiger partial charge in [-0.3, -0.25) is 10.1 Å². The van der Waals surface area contributed by atoms with Crippen LogP contribution in [0.15, 0.2) is 12.2 Å². The average Bonchev–Trinajstić information content (AvgIpc) is 1.88. The SMILES string of the molecule is O=[N+]([O-])[C@@H]1CC=CC[C@@H]1Br. The monoisotopic (exact) mass is 205 g/mol. The van der Waals surface area contributed by atoms with Crippen LogP contribution < -0.4 is 0 Å². The Morgan fingerprint density at radius 3 is 2.50 bits per heavy atom. The second kappa shape index (κ2) is 3.14. The number of halogens is 1. The molecule has 0 amide bonds. The van der Waals surface area contributed by atoms with Crippen molar-refractivity contribution in [2.45, 2.75) is 23.7 Å². The largest absolute Gasteiger partial charge is 0.264 e. The zero-order chi connectivity index (χ0) is 7.56. The molecule has 0 aliphatic heterocycles. The lowest BCUT2D eigenvalue weighted by molar-refractivity contribution is -0.520. The van der Waals surface area contributed by atoms with Gasteiger partial charge in [0, 0.05) is 11.3 Å². The highest BCUT2D eigenvalue weighted by Gasteiger charge is 2.29. The van der Waals surface area contributed by atoms with Gasteiger partial charge in [0.1, 0.15) is 0 Å². The summed E-state index contributed by atoms with van der Waals surface area (Å²) in [5, 5.41) is 10.3. The van der Waals surface area contributed by atoms with Crippen molar-refractivity contribution < 1.29 is 4.92 Å². The number of alkyl halides is 1. The molecule has 0 aromatic heterocycles. The van der Waals surface area contributed by atoms with Gasteiger partial charge in [0.15, 0.2) is 0 Å². The van der Waals surface area contributed by atoms with Crippen LogP contribution in [0.25, 0.3) is 0 Å². The Morgan fingerprint density at radius 2 is 2.10 bits per heavy atom. The van der Waals surface area contributed by atoms with E-state index < -0.39 is 6.04 Å². The molecule has 0 heterocycles. The Hall–Kier alpha value is -0.380. The molecular weight excluding hydrogens is 198 g/mol. The van der Waals surface area contributed by atoms with E-state index in [1.807, 2.05) is 12.2 Å². The van der Waals surface area contributed by atoms with Crippen LogP contribution in [0.1, 0.15) is 12.8 Å². The first-order chi connectivity index (χ1) is 4.72. The number of rotatable bonds is 1. The van der Waals surface area contributed by atoms with Crippen molar-refractivity contribution >= 4 is 15.9 Å². The van der Waals surface area contributed by atoms with Gasteiger partial charge in [-0.2, -0.15) is 0 Å². The molecule has 0 saturated heterocycles. The summed E-state index contributed by atoms with van der Waals surface area (Å²) in [7, 11) is 0. The van der Waals surface area contributed by atoms with Crippen LogP contribution in [0, 0.1) is 10.1 Å². The van der Waals surface area contributed by atoms with E-state index in [2.05, 4.69) is 15.9 Å². The molecule has 1 aliphatic carbocycles. The molecule has 0 aromatic rings. The molecule has 0 unspecified atom stereocenters. The molecular formula is C6H8BrNO2. The fourth-order valence-corrected chi connectivity index (χ4v) is 1.61. The lowest BCUT2D eigenvalue weighted by Crippen LogP contribution is -2.30. The molecule has 56 valence electrons. The van der Waals surface area contributed by atoms with E-state index in [0.29, 0.717) is 6.42 Å². The first kappa shape index (κ1) is 7.72. The van der Waals surface area contributed by atoms with Gasteiger partial charge in [0.25, 0.3) is 0 Å². The summed E-state index contributed by atoms with van der Waals surface area (Å²) >= 11 is 3.26. The third-order valence-corrected chi connectivity index (χ3v) is 2.58. The van der Waals surface area contributed by atoms with Crippen LogP contribution in [0.3, 0.4) is 0 Å². The summed E-state index contributed by atoms with van der Waals surface area (Å²) in [6, 6.07) is -0.426. The van der Waals surface area contributed by atoms with Gasteiger partial charge in [-0.25, -0.2) is 0 Å². The zero-order valence-corrected chi connectivity index (χ0v) is 6.95. The second-order valence-corrected chi connectivity index (χ2v) is 3.49. The van der Waals surface area contributed by atoms with Crippen molar-refractivity contribution in [2.24, 2.45) is 0 Å². The molecule has 2 atom stereocenters. The fourth-order valence-electron chi connectivity index (χ4n) is 0.985. The predicted molar refractivity (Wildman–Crippen MR) is 41.9 cm³/mol. The number of nitro groups is 1. The van der Waals surface area contributed by atoms with Gasteiger partial charge in [-0.1, -0.05) is 28.1 Å². The molecule has 3 nitrogen and oxygen atoms in total. The number of hydrogen-bond donors (Lipinski definition) is 0. The molecule has 0 fully saturated rings. The highest BCUT2D eigenvalue weighted by molar-refractivity contribution is 9.09. The first-order valence-electron chi connectivity index (χ1n) is 3.14. The minimum Gasteiger partial charge on any atom is -0.264 e. The molecule has 0 aromatic carbocycles. The van der Waals surface area contributed by atoms with Crippen molar-refractivity contribution in [1.82, 2.24) is 0 Å². The Bertz CT molecular complexity index is 169. The summed E-state index contributed by atoms with van der Waals surface area (Å²) in [6.45, 7) is 0.